The molecule has 6 nitrogen and oxygen atoms in total. The largest absolute Gasteiger partial charge is 0.467 e. The van der Waals surface area contributed by atoms with Gasteiger partial charge in [-0.05, 0) is 39.8 Å². The molecule has 0 bridgehead atoms. The van der Waals surface area contributed by atoms with Crippen LogP contribution in [0, 0.1) is 3.57 Å². The SMILES string of the molecule is COC(=O)[C@H](Cc1ccccc1I)NC(=O)[C@H](Cc1ccccc1)NC(C)=O. The molecule has 0 saturated carbocycles. The Labute approximate surface area is 178 Å². The summed E-state index contributed by atoms with van der Waals surface area (Å²) >= 11 is 2.19. The van der Waals surface area contributed by atoms with Crippen LogP contribution < -0.4 is 10.6 Å². The molecule has 2 rings (SSSR count). The Morgan fingerprint density at radius 2 is 1.57 bits per heavy atom. The van der Waals surface area contributed by atoms with E-state index in [-0.39, 0.29) is 5.91 Å². The average molecular weight is 494 g/mol. The molecule has 2 atom stereocenters. The van der Waals surface area contributed by atoms with Gasteiger partial charge in [-0.1, -0.05) is 48.5 Å². The quantitative estimate of drug-likeness (QED) is 0.436. The number of carbonyl (C=O) groups is 3. The van der Waals surface area contributed by atoms with E-state index in [0.29, 0.717) is 12.8 Å². The summed E-state index contributed by atoms with van der Waals surface area (Å²) < 4.78 is 5.85. The Bertz CT molecular complexity index is 826. The highest BCUT2D eigenvalue weighted by Gasteiger charge is 2.27. The van der Waals surface area contributed by atoms with Gasteiger partial charge >= 0.3 is 5.97 Å². The minimum Gasteiger partial charge on any atom is -0.467 e. The predicted molar refractivity (Wildman–Crippen MR) is 115 cm³/mol. The van der Waals surface area contributed by atoms with Crippen LogP contribution in [0.3, 0.4) is 0 Å². The van der Waals surface area contributed by atoms with Crippen molar-refractivity contribution in [2.75, 3.05) is 7.11 Å². The van der Waals surface area contributed by atoms with Gasteiger partial charge < -0.3 is 15.4 Å². The summed E-state index contributed by atoms with van der Waals surface area (Å²) in [5, 5.41) is 5.40. The first-order chi connectivity index (χ1) is 13.4. The van der Waals surface area contributed by atoms with E-state index in [0.717, 1.165) is 14.7 Å². The van der Waals surface area contributed by atoms with E-state index in [1.54, 1.807) is 0 Å². The third-order valence-electron chi connectivity index (χ3n) is 4.16. The van der Waals surface area contributed by atoms with Crippen molar-refractivity contribution in [3.8, 4) is 0 Å². The summed E-state index contributed by atoms with van der Waals surface area (Å²) in [7, 11) is 1.28. The highest BCUT2D eigenvalue weighted by Crippen LogP contribution is 2.14. The molecule has 2 aromatic rings. The highest BCUT2D eigenvalue weighted by atomic mass is 127. The van der Waals surface area contributed by atoms with Crippen LogP contribution in [0.25, 0.3) is 0 Å². The number of ether oxygens (including phenoxy) is 1. The van der Waals surface area contributed by atoms with E-state index in [2.05, 4.69) is 33.2 Å². The normalized spacial score (nSPS) is 12.5. The fourth-order valence-corrected chi connectivity index (χ4v) is 3.40. The minimum atomic E-state index is -0.847. The van der Waals surface area contributed by atoms with Gasteiger partial charge in [-0.3, -0.25) is 9.59 Å². The van der Waals surface area contributed by atoms with E-state index >= 15 is 0 Å². The maximum atomic E-state index is 12.9. The zero-order valence-electron chi connectivity index (χ0n) is 15.8. The fourth-order valence-electron chi connectivity index (χ4n) is 2.80. The van der Waals surface area contributed by atoms with Gasteiger partial charge in [0.05, 0.1) is 7.11 Å². The molecule has 0 aliphatic rings. The van der Waals surface area contributed by atoms with Gasteiger partial charge in [-0.2, -0.15) is 0 Å². The fraction of sp³-hybridized carbons (Fsp3) is 0.286. The number of halogens is 1. The van der Waals surface area contributed by atoms with E-state index in [1.165, 1.54) is 14.0 Å². The molecule has 2 aromatic carbocycles. The van der Waals surface area contributed by atoms with Crippen LogP contribution in [-0.4, -0.2) is 37.0 Å². The molecule has 7 heteroatoms. The molecule has 2 amide bonds. The number of rotatable bonds is 8. The predicted octanol–water partition coefficient (Wildman–Crippen LogP) is 2.24. The standard InChI is InChI=1S/C21H23IN2O4/c1-14(25)23-18(12-15-8-4-3-5-9-15)20(26)24-19(21(27)28-2)13-16-10-6-7-11-17(16)22/h3-11,18-19H,12-13H2,1-2H3,(H,23,25)(H,24,26)/t18-,19-/m0/s1. The second kappa shape index (κ2) is 10.8. The molecule has 0 aromatic heterocycles. The summed E-state index contributed by atoms with van der Waals surface area (Å²) in [6, 6.07) is 15.4. The summed E-state index contributed by atoms with van der Waals surface area (Å²) in [5.74, 6) is -1.28. The van der Waals surface area contributed by atoms with Crippen LogP contribution in [0.15, 0.2) is 54.6 Å². The lowest BCUT2D eigenvalue weighted by molar-refractivity contribution is -0.145. The van der Waals surface area contributed by atoms with Crippen LogP contribution in [-0.2, 0) is 32.0 Å². The van der Waals surface area contributed by atoms with Crippen LogP contribution in [0.4, 0.5) is 0 Å². The average Bonchev–Trinajstić information content (AvgIpc) is 2.68. The Hall–Kier alpha value is -2.42. The molecule has 0 heterocycles. The van der Waals surface area contributed by atoms with Crippen molar-refractivity contribution < 1.29 is 19.1 Å². The number of amides is 2. The number of benzene rings is 2. The van der Waals surface area contributed by atoms with E-state index in [1.807, 2.05) is 54.6 Å². The lowest BCUT2D eigenvalue weighted by Gasteiger charge is -2.22. The molecular formula is C21H23IN2O4. The first-order valence-electron chi connectivity index (χ1n) is 8.83. The summed E-state index contributed by atoms with van der Waals surface area (Å²) in [4.78, 5) is 36.7. The molecule has 0 aliphatic heterocycles. The number of methoxy groups -OCH3 is 1. The smallest absolute Gasteiger partial charge is 0.328 e. The molecule has 2 N–H and O–H groups in total. The zero-order chi connectivity index (χ0) is 20.5. The number of nitrogens with one attached hydrogen (secondary N) is 2. The molecule has 0 unspecified atom stereocenters. The highest BCUT2D eigenvalue weighted by molar-refractivity contribution is 14.1. The van der Waals surface area contributed by atoms with E-state index < -0.39 is 24.0 Å². The van der Waals surface area contributed by atoms with E-state index in [4.69, 9.17) is 4.74 Å². The lowest BCUT2D eigenvalue weighted by atomic mass is 10.0. The number of hydrogen-bond acceptors (Lipinski definition) is 4. The summed E-state index contributed by atoms with van der Waals surface area (Å²) in [5.41, 5.74) is 1.83. The Balaban J connectivity index is 2.17. The second-order valence-corrected chi connectivity index (χ2v) is 7.48. The van der Waals surface area contributed by atoms with Crippen molar-refractivity contribution in [2.45, 2.75) is 31.8 Å². The molecule has 0 saturated heterocycles. The van der Waals surface area contributed by atoms with Gasteiger partial charge in [0.25, 0.3) is 0 Å². The van der Waals surface area contributed by atoms with Crippen molar-refractivity contribution in [1.29, 1.82) is 0 Å². The van der Waals surface area contributed by atoms with Gasteiger partial charge in [0.15, 0.2) is 0 Å². The molecule has 28 heavy (non-hydrogen) atoms. The zero-order valence-corrected chi connectivity index (χ0v) is 17.9. The topological polar surface area (TPSA) is 84.5 Å². The Kier molecular flexibility index (Phi) is 8.43. The van der Waals surface area contributed by atoms with Crippen LogP contribution in [0.5, 0.6) is 0 Å². The lowest BCUT2D eigenvalue weighted by Crippen LogP contribution is -2.53. The molecule has 0 radical (unpaired) electrons. The van der Waals surface area contributed by atoms with Crippen molar-refractivity contribution in [3.63, 3.8) is 0 Å². The maximum absolute atomic E-state index is 12.9. The third kappa shape index (κ3) is 6.63. The number of hydrogen-bond donors (Lipinski definition) is 2. The van der Waals surface area contributed by atoms with Crippen molar-refractivity contribution >= 4 is 40.4 Å². The first-order valence-corrected chi connectivity index (χ1v) is 9.91. The number of esters is 1. The number of carbonyl (C=O) groups excluding carboxylic acids is 3. The van der Waals surface area contributed by atoms with Crippen LogP contribution in [0.2, 0.25) is 0 Å². The van der Waals surface area contributed by atoms with E-state index in [9.17, 15) is 14.4 Å². The Morgan fingerprint density at radius 1 is 0.929 bits per heavy atom. The molecule has 0 spiro atoms. The molecule has 148 valence electrons. The molecule has 0 fully saturated rings. The summed E-state index contributed by atoms with van der Waals surface area (Å²) in [6.07, 6.45) is 0.624. The first kappa shape index (κ1) is 21.9. The van der Waals surface area contributed by atoms with Gasteiger partial charge in [-0.25, -0.2) is 4.79 Å². The van der Waals surface area contributed by atoms with Gasteiger partial charge in [-0.15, -0.1) is 0 Å². The van der Waals surface area contributed by atoms with Crippen molar-refractivity contribution in [1.82, 2.24) is 10.6 Å². The van der Waals surface area contributed by atoms with Gasteiger partial charge in [0.1, 0.15) is 12.1 Å². The van der Waals surface area contributed by atoms with Gasteiger partial charge in [0.2, 0.25) is 11.8 Å². The minimum absolute atomic E-state index is 0.301. The van der Waals surface area contributed by atoms with Crippen molar-refractivity contribution in [2.24, 2.45) is 0 Å². The monoisotopic (exact) mass is 494 g/mol. The van der Waals surface area contributed by atoms with Gasteiger partial charge in [0, 0.05) is 23.3 Å². The third-order valence-corrected chi connectivity index (χ3v) is 5.21. The van der Waals surface area contributed by atoms with Crippen LogP contribution in [0.1, 0.15) is 18.1 Å². The van der Waals surface area contributed by atoms with Crippen molar-refractivity contribution in [3.05, 3.63) is 69.3 Å². The van der Waals surface area contributed by atoms with Crippen LogP contribution >= 0.6 is 22.6 Å². The Morgan fingerprint density at radius 3 is 2.18 bits per heavy atom. The second-order valence-electron chi connectivity index (χ2n) is 6.32. The molecular weight excluding hydrogens is 471 g/mol. The summed E-state index contributed by atoms with van der Waals surface area (Å²) in [6.45, 7) is 1.36. The maximum Gasteiger partial charge on any atom is 0.328 e. The molecule has 0 aliphatic carbocycles.